The lowest BCUT2D eigenvalue weighted by Crippen LogP contribution is -2.60. The molecule has 3 heterocycles. The lowest BCUT2D eigenvalue weighted by atomic mass is 9.99. The fourth-order valence-corrected chi connectivity index (χ4v) is 5.00. The molecule has 2 fully saturated rings. The van der Waals surface area contributed by atoms with E-state index in [1.54, 1.807) is 0 Å². The Labute approximate surface area is 265 Å². The van der Waals surface area contributed by atoms with Crippen molar-refractivity contribution in [3.63, 3.8) is 0 Å². The van der Waals surface area contributed by atoms with Gasteiger partial charge in [0.25, 0.3) is 0 Å². The van der Waals surface area contributed by atoms with Crippen molar-refractivity contribution >= 4 is 16.9 Å². The number of hydrogen-bond donors (Lipinski definition) is 6. The van der Waals surface area contributed by atoms with Crippen molar-refractivity contribution < 1.29 is 77.7 Å². The Morgan fingerprint density at radius 3 is 2.23 bits per heavy atom. The van der Waals surface area contributed by atoms with Crippen LogP contribution in [0.1, 0.15) is 10.4 Å². The number of carbonyl (C=O) groups excluding carboxylic acids is 1. The highest BCUT2D eigenvalue weighted by atomic mass is 16.7. The summed E-state index contributed by atoms with van der Waals surface area (Å²) >= 11 is 0. The molecule has 3 aromatic rings. The van der Waals surface area contributed by atoms with Gasteiger partial charge in [0, 0.05) is 17.5 Å². The molecular formula is C30H34O17. The second-order valence-corrected chi connectivity index (χ2v) is 10.8. The SMILES string of the molecule is COc1cc2ccc(=O)oc2cc1O[C@@H]1O[C@H](CO[C@@H]2OC[C@@](O)(COC(=O)c3cc(OC)c(O)c(OC)c3)[C@H]2O)[C@@H](O)[C@H](O)[C@H]1O. The molecule has 5 rings (SSSR count). The predicted octanol–water partition coefficient (Wildman–Crippen LogP) is -0.967. The molecule has 0 saturated carbocycles. The summed E-state index contributed by atoms with van der Waals surface area (Å²) in [5.74, 6) is -1.22. The third-order valence-corrected chi connectivity index (χ3v) is 7.72. The number of phenolic OH excluding ortho intramolecular Hbond substituents is 1. The molecule has 2 aromatic carbocycles. The van der Waals surface area contributed by atoms with Gasteiger partial charge in [-0.1, -0.05) is 0 Å². The number of methoxy groups -OCH3 is 3. The topological polar surface area (TPSA) is 242 Å². The number of esters is 1. The second kappa shape index (κ2) is 13.9. The maximum Gasteiger partial charge on any atom is 0.338 e. The summed E-state index contributed by atoms with van der Waals surface area (Å²) in [5, 5.41) is 63.9. The molecule has 0 radical (unpaired) electrons. The lowest BCUT2D eigenvalue weighted by molar-refractivity contribution is -0.289. The normalized spacial score (nSPS) is 29.0. The van der Waals surface area contributed by atoms with Gasteiger partial charge in [-0.25, -0.2) is 9.59 Å². The number of benzene rings is 2. The molecule has 17 nitrogen and oxygen atoms in total. The van der Waals surface area contributed by atoms with Crippen LogP contribution >= 0.6 is 0 Å². The summed E-state index contributed by atoms with van der Waals surface area (Å²) in [6.45, 7) is -1.78. The largest absolute Gasteiger partial charge is 0.502 e. The standard InChI is InChI=1S/C30H34O17/c1-39-16-6-13-4-5-21(31)45-15(13)9-17(16)46-28-25(35)24(34)23(33)20(47-28)10-42-29-26(36)30(38,12-44-29)11-43-27(37)14-7-18(40-2)22(32)19(8-14)41-3/h4-9,20,23-26,28-29,32-36,38H,10-12H2,1-3H3/t20-,23-,24+,25-,26+,28-,29-,30+/m1/s1. The number of aliphatic hydroxyl groups is 5. The molecule has 8 atom stereocenters. The summed E-state index contributed by atoms with van der Waals surface area (Å²) < 4.78 is 48.1. The van der Waals surface area contributed by atoms with E-state index in [-0.39, 0.29) is 39.9 Å². The van der Waals surface area contributed by atoms with Crippen LogP contribution in [0.3, 0.4) is 0 Å². The number of aliphatic hydroxyl groups excluding tert-OH is 4. The number of rotatable bonds is 11. The Balaban J connectivity index is 1.21. The number of carbonyl (C=O) groups is 1. The van der Waals surface area contributed by atoms with Gasteiger partial charge >= 0.3 is 11.6 Å². The molecule has 0 bridgehead atoms. The average Bonchev–Trinajstić information content (AvgIpc) is 3.35. The summed E-state index contributed by atoms with van der Waals surface area (Å²) in [4.78, 5) is 24.4. The van der Waals surface area contributed by atoms with E-state index >= 15 is 0 Å². The Morgan fingerprint density at radius 2 is 1.57 bits per heavy atom. The Bertz CT molecular complexity index is 1620. The number of hydrogen-bond acceptors (Lipinski definition) is 17. The summed E-state index contributed by atoms with van der Waals surface area (Å²) in [6.07, 6.45) is -11.4. The first-order chi connectivity index (χ1) is 22.4. The molecule has 256 valence electrons. The number of fused-ring (bicyclic) bond motifs is 1. The van der Waals surface area contributed by atoms with Gasteiger partial charge in [-0.3, -0.25) is 0 Å². The van der Waals surface area contributed by atoms with Crippen LogP contribution in [0, 0.1) is 0 Å². The second-order valence-electron chi connectivity index (χ2n) is 10.8. The van der Waals surface area contributed by atoms with Crippen LogP contribution in [0.2, 0.25) is 0 Å². The smallest absolute Gasteiger partial charge is 0.338 e. The van der Waals surface area contributed by atoms with Crippen LogP contribution < -0.4 is 24.6 Å². The maximum atomic E-state index is 12.7. The average molecular weight is 667 g/mol. The van der Waals surface area contributed by atoms with Gasteiger partial charge in [0.05, 0.1) is 40.1 Å². The molecule has 0 spiro atoms. The molecule has 0 aliphatic carbocycles. The van der Waals surface area contributed by atoms with E-state index < -0.39 is 80.1 Å². The Morgan fingerprint density at radius 1 is 0.894 bits per heavy atom. The van der Waals surface area contributed by atoms with Gasteiger partial charge in [0.1, 0.15) is 42.7 Å². The zero-order valence-corrected chi connectivity index (χ0v) is 25.3. The zero-order chi connectivity index (χ0) is 34.0. The van der Waals surface area contributed by atoms with E-state index in [9.17, 15) is 40.2 Å². The van der Waals surface area contributed by atoms with Crippen molar-refractivity contribution in [2.45, 2.75) is 48.7 Å². The van der Waals surface area contributed by atoms with E-state index in [1.165, 1.54) is 57.7 Å². The molecule has 0 amide bonds. The van der Waals surface area contributed by atoms with Crippen molar-refractivity contribution in [3.8, 4) is 28.7 Å². The minimum Gasteiger partial charge on any atom is -0.502 e. The number of aromatic hydroxyl groups is 1. The minimum absolute atomic E-state index is 0.0139. The molecule has 6 N–H and O–H groups in total. The molecule has 2 saturated heterocycles. The van der Waals surface area contributed by atoms with Crippen LogP contribution in [-0.2, 0) is 18.9 Å². The van der Waals surface area contributed by atoms with Crippen molar-refractivity contribution in [1.29, 1.82) is 0 Å². The van der Waals surface area contributed by atoms with Gasteiger partial charge < -0.3 is 73.0 Å². The van der Waals surface area contributed by atoms with Crippen molar-refractivity contribution in [3.05, 3.63) is 52.4 Å². The first kappa shape index (κ1) is 34.1. The van der Waals surface area contributed by atoms with Crippen molar-refractivity contribution in [2.75, 3.05) is 41.2 Å². The Hall–Kier alpha value is -4.20. The quantitative estimate of drug-likeness (QED) is 0.107. The molecular weight excluding hydrogens is 632 g/mol. The van der Waals surface area contributed by atoms with E-state index in [0.29, 0.717) is 5.39 Å². The molecule has 0 unspecified atom stereocenters. The molecule has 17 heteroatoms. The maximum absolute atomic E-state index is 12.7. The van der Waals surface area contributed by atoms with Crippen LogP contribution in [0.15, 0.2) is 45.6 Å². The fraction of sp³-hybridized carbons (Fsp3) is 0.467. The number of phenols is 1. The van der Waals surface area contributed by atoms with Gasteiger partial charge in [-0.15, -0.1) is 0 Å². The summed E-state index contributed by atoms with van der Waals surface area (Å²) in [5.41, 5.74) is -2.65. The first-order valence-corrected chi connectivity index (χ1v) is 14.1. The fourth-order valence-electron chi connectivity index (χ4n) is 5.00. The molecule has 2 aliphatic heterocycles. The Kier molecular flexibility index (Phi) is 10.1. The minimum atomic E-state index is -2.11. The van der Waals surface area contributed by atoms with Crippen LogP contribution in [-0.4, -0.2) is 126 Å². The summed E-state index contributed by atoms with van der Waals surface area (Å²) in [6, 6.07) is 7.99. The van der Waals surface area contributed by atoms with Crippen LogP contribution in [0.4, 0.5) is 0 Å². The van der Waals surface area contributed by atoms with Crippen molar-refractivity contribution in [1.82, 2.24) is 0 Å². The highest BCUT2D eigenvalue weighted by Gasteiger charge is 2.51. The molecule has 2 aliphatic rings. The highest BCUT2D eigenvalue weighted by molar-refractivity contribution is 5.91. The molecule has 47 heavy (non-hydrogen) atoms. The van der Waals surface area contributed by atoms with E-state index in [1.807, 2.05) is 0 Å². The van der Waals surface area contributed by atoms with Gasteiger partial charge in [0.15, 0.2) is 34.9 Å². The van der Waals surface area contributed by atoms with Gasteiger partial charge in [-0.2, -0.15) is 0 Å². The molecule has 1 aromatic heterocycles. The highest BCUT2D eigenvalue weighted by Crippen LogP contribution is 2.38. The van der Waals surface area contributed by atoms with E-state index in [2.05, 4.69) is 0 Å². The van der Waals surface area contributed by atoms with Gasteiger partial charge in [0.2, 0.25) is 12.0 Å². The van der Waals surface area contributed by atoms with Crippen LogP contribution in [0.5, 0.6) is 28.7 Å². The van der Waals surface area contributed by atoms with E-state index in [4.69, 9.17) is 42.3 Å². The monoisotopic (exact) mass is 666 g/mol. The van der Waals surface area contributed by atoms with E-state index in [0.717, 1.165) is 0 Å². The first-order valence-electron chi connectivity index (χ1n) is 14.1. The third kappa shape index (κ3) is 6.92. The van der Waals surface area contributed by atoms with Crippen LogP contribution in [0.25, 0.3) is 11.0 Å². The third-order valence-electron chi connectivity index (χ3n) is 7.72. The zero-order valence-electron chi connectivity index (χ0n) is 25.3. The lowest BCUT2D eigenvalue weighted by Gasteiger charge is -2.40. The summed E-state index contributed by atoms with van der Waals surface area (Å²) in [7, 11) is 3.91. The van der Waals surface area contributed by atoms with Crippen molar-refractivity contribution in [2.24, 2.45) is 0 Å². The van der Waals surface area contributed by atoms with Gasteiger partial charge in [-0.05, 0) is 24.3 Å². The number of ether oxygens (including phenoxy) is 8. The predicted molar refractivity (Wildman–Crippen MR) is 154 cm³/mol.